The summed E-state index contributed by atoms with van der Waals surface area (Å²) in [5.74, 6) is 1.41. The largest absolute Gasteiger partial charge is 0.365 e. The average Bonchev–Trinajstić information content (AvgIpc) is 3.36. The van der Waals surface area contributed by atoms with Crippen molar-refractivity contribution in [3.8, 4) is 5.69 Å². The van der Waals surface area contributed by atoms with E-state index in [1.807, 2.05) is 17.0 Å². The summed E-state index contributed by atoms with van der Waals surface area (Å²) in [4.78, 5) is 19.4. The summed E-state index contributed by atoms with van der Waals surface area (Å²) in [5.41, 5.74) is 0.996. The van der Waals surface area contributed by atoms with Gasteiger partial charge in [-0.1, -0.05) is 0 Å². The molecule has 1 amide bonds. The second-order valence-electron chi connectivity index (χ2n) is 9.05. The van der Waals surface area contributed by atoms with Crippen LogP contribution in [-0.4, -0.2) is 49.9 Å². The van der Waals surface area contributed by atoms with E-state index in [0.29, 0.717) is 24.6 Å². The number of ether oxygens (including phenoxy) is 1. The SMILES string of the molecule is CC1(C)CN(C(=O)c2cnn(-c3cccnc3)c2)C[C@]2(C[C@@H]3CC[C@H]2C3)O1. The van der Waals surface area contributed by atoms with Crippen LogP contribution in [0.2, 0.25) is 0 Å². The second-order valence-corrected chi connectivity index (χ2v) is 9.05. The van der Waals surface area contributed by atoms with Gasteiger partial charge in [-0.2, -0.15) is 5.10 Å². The van der Waals surface area contributed by atoms with E-state index in [2.05, 4.69) is 23.9 Å². The van der Waals surface area contributed by atoms with Crippen molar-refractivity contribution >= 4 is 5.91 Å². The summed E-state index contributed by atoms with van der Waals surface area (Å²) in [6.07, 6.45) is 11.8. The molecule has 1 saturated heterocycles. The highest BCUT2D eigenvalue weighted by Gasteiger charge is 2.57. The van der Waals surface area contributed by atoms with Gasteiger partial charge in [0.2, 0.25) is 0 Å². The maximum atomic E-state index is 13.3. The first-order chi connectivity index (χ1) is 12.9. The standard InChI is InChI=1S/C21H26N4O2/c1-20(2)13-24(14-21(27-20)9-15-5-6-17(21)8-15)19(26)16-10-23-25(12-16)18-4-3-7-22-11-18/h3-4,7,10-12,15,17H,5-6,8-9,13-14H2,1-2H3/t15-,17+,21+/m1/s1. The minimum Gasteiger partial charge on any atom is -0.365 e. The minimum absolute atomic E-state index is 0.0451. The Balaban J connectivity index is 1.40. The molecule has 2 saturated carbocycles. The van der Waals surface area contributed by atoms with Crippen molar-refractivity contribution in [3.05, 3.63) is 42.5 Å². The zero-order valence-corrected chi connectivity index (χ0v) is 16.0. The molecule has 2 bridgehead atoms. The fourth-order valence-corrected chi connectivity index (χ4v) is 5.56. The van der Waals surface area contributed by atoms with Crippen LogP contribution >= 0.6 is 0 Å². The van der Waals surface area contributed by atoms with Gasteiger partial charge in [0.15, 0.2) is 0 Å². The van der Waals surface area contributed by atoms with E-state index >= 15 is 0 Å². The smallest absolute Gasteiger partial charge is 0.257 e. The monoisotopic (exact) mass is 366 g/mol. The lowest BCUT2D eigenvalue weighted by Crippen LogP contribution is -2.62. The zero-order chi connectivity index (χ0) is 18.6. The lowest BCUT2D eigenvalue weighted by atomic mass is 9.81. The third-order valence-corrected chi connectivity index (χ3v) is 6.46. The second kappa shape index (κ2) is 5.89. The highest BCUT2D eigenvalue weighted by Crippen LogP contribution is 2.55. The average molecular weight is 366 g/mol. The Morgan fingerprint density at radius 1 is 1.26 bits per heavy atom. The molecule has 0 aromatic carbocycles. The summed E-state index contributed by atoms with van der Waals surface area (Å²) in [6, 6.07) is 3.79. The third-order valence-electron chi connectivity index (χ3n) is 6.46. The van der Waals surface area contributed by atoms with Crippen molar-refractivity contribution in [2.75, 3.05) is 13.1 Å². The van der Waals surface area contributed by atoms with E-state index < -0.39 is 0 Å². The Hall–Kier alpha value is -2.21. The maximum absolute atomic E-state index is 13.3. The number of rotatable bonds is 2. The van der Waals surface area contributed by atoms with Gasteiger partial charge in [0, 0.05) is 18.9 Å². The van der Waals surface area contributed by atoms with Gasteiger partial charge in [-0.15, -0.1) is 0 Å². The van der Waals surface area contributed by atoms with Crippen LogP contribution < -0.4 is 0 Å². The highest BCUT2D eigenvalue weighted by molar-refractivity contribution is 5.94. The van der Waals surface area contributed by atoms with E-state index in [4.69, 9.17) is 4.74 Å². The van der Waals surface area contributed by atoms with Gasteiger partial charge in [0.05, 0.1) is 41.4 Å². The molecule has 2 aliphatic carbocycles. The highest BCUT2D eigenvalue weighted by atomic mass is 16.5. The normalized spacial score (nSPS) is 31.6. The number of fused-ring (bicyclic) bond motifs is 3. The van der Waals surface area contributed by atoms with E-state index in [9.17, 15) is 4.79 Å². The predicted molar refractivity (Wildman–Crippen MR) is 101 cm³/mol. The summed E-state index contributed by atoms with van der Waals surface area (Å²) in [6.45, 7) is 5.54. The van der Waals surface area contributed by atoms with E-state index in [1.54, 1.807) is 29.5 Å². The first-order valence-corrected chi connectivity index (χ1v) is 9.89. The number of nitrogens with zero attached hydrogens (tertiary/aromatic N) is 4. The van der Waals surface area contributed by atoms with Gasteiger partial charge in [-0.25, -0.2) is 4.68 Å². The first kappa shape index (κ1) is 16.9. The lowest BCUT2D eigenvalue weighted by molar-refractivity contribution is -0.208. The topological polar surface area (TPSA) is 60.2 Å². The van der Waals surface area contributed by atoms with Crippen molar-refractivity contribution < 1.29 is 9.53 Å². The molecular formula is C21H26N4O2. The number of carbonyl (C=O) groups is 1. The number of carbonyl (C=O) groups excluding carboxylic acids is 1. The number of pyridine rings is 1. The lowest BCUT2D eigenvalue weighted by Gasteiger charge is -2.52. The van der Waals surface area contributed by atoms with Crippen LogP contribution in [0.4, 0.5) is 0 Å². The summed E-state index contributed by atoms with van der Waals surface area (Å²) in [5, 5.41) is 4.36. The first-order valence-electron chi connectivity index (χ1n) is 9.89. The van der Waals surface area contributed by atoms with Crippen molar-refractivity contribution in [2.45, 2.75) is 50.7 Å². The molecule has 27 heavy (non-hydrogen) atoms. The van der Waals surface area contributed by atoms with Crippen LogP contribution in [0.1, 0.15) is 49.9 Å². The molecule has 1 aliphatic heterocycles. The molecule has 2 aromatic heterocycles. The Morgan fingerprint density at radius 2 is 2.15 bits per heavy atom. The molecule has 6 heteroatoms. The van der Waals surface area contributed by atoms with Crippen molar-refractivity contribution in [1.82, 2.24) is 19.7 Å². The summed E-state index contributed by atoms with van der Waals surface area (Å²) < 4.78 is 8.33. The number of hydrogen-bond donors (Lipinski definition) is 0. The Labute approximate surface area is 159 Å². The third kappa shape index (κ3) is 2.87. The van der Waals surface area contributed by atoms with Gasteiger partial charge >= 0.3 is 0 Å². The van der Waals surface area contributed by atoms with Gasteiger partial charge in [0.25, 0.3) is 5.91 Å². The zero-order valence-electron chi connectivity index (χ0n) is 16.0. The van der Waals surface area contributed by atoms with Crippen molar-refractivity contribution in [3.63, 3.8) is 0 Å². The quantitative estimate of drug-likeness (QED) is 0.819. The molecule has 1 spiro atoms. The van der Waals surface area contributed by atoms with Gasteiger partial charge in [-0.05, 0) is 63.5 Å². The van der Waals surface area contributed by atoms with E-state index in [-0.39, 0.29) is 17.1 Å². The number of aromatic nitrogens is 3. The molecule has 3 heterocycles. The Bertz CT molecular complexity index is 862. The van der Waals surface area contributed by atoms with Crippen molar-refractivity contribution in [2.24, 2.45) is 11.8 Å². The van der Waals surface area contributed by atoms with Crippen LogP contribution in [0, 0.1) is 11.8 Å². The van der Waals surface area contributed by atoms with Gasteiger partial charge < -0.3 is 9.64 Å². The molecule has 142 valence electrons. The fraction of sp³-hybridized carbons (Fsp3) is 0.571. The number of morpholine rings is 1. The molecular weight excluding hydrogens is 340 g/mol. The molecule has 0 unspecified atom stereocenters. The number of hydrogen-bond acceptors (Lipinski definition) is 4. The van der Waals surface area contributed by atoms with Crippen molar-refractivity contribution in [1.29, 1.82) is 0 Å². The molecule has 3 atom stereocenters. The van der Waals surface area contributed by atoms with Gasteiger partial charge in [-0.3, -0.25) is 9.78 Å². The van der Waals surface area contributed by atoms with Crippen LogP contribution in [0.25, 0.3) is 5.69 Å². The molecule has 0 radical (unpaired) electrons. The van der Waals surface area contributed by atoms with Crippen LogP contribution in [-0.2, 0) is 4.74 Å². The maximum Gasteiger partial charge on any atom is 0.257 e. The predicted octanol–water partition coefficient (Wildman–Crippen LogP) is 3.08. The Kier molecular flexibility index (Phi) is 3.69. The Morgan fingerprint density at radius 3 is 2.85 bits per heavy atom. The van der Waals surface area contributed by atoms with E-state index in [1.165, 1.54) is 19.3 Å². The van der Waals surface area contributed by atoms with Crippen LogP contribution in [0.5, 0.6) is 0 Å². The van der Waals surface area contributed by atoms with Crippen LogP contribution in [0.3, 0.4) is 0 Å². The molecule has 6 nitrogen and oxygen atoms in total. The van der Waals surface area contributed by atoms with Gasteiger partial charge in [0.1, 0.15) is 0 Å². The molecule has 3 fully saturated rings. The summed E-state index contributed by atoms with van der Waals surface area (Å²) in [7, 11) is 0. The van der Waals surface area contributed by atoms with Crippen LogP contribution in [0.15, 0.2) is 36.9 Å². The molecule has 2 aromatic rings. The van der Waals surface area contributed by atoms with E-state index in [0.717, 1.165) is 18.0 Å². The number of amides is 1. The molecule has 5 rings (SSSR count). The molecule has 0 N–H and O–H groups in total. The fourth-order valence-electron chi connectivity index (χ4n) is 5.56. The summed E-state index contributed by atoms with van der Waals surface area (Å²) >= 11 is 0. The minimum atomic E-state index is -0.322. The molecule has 3 aliphatic rings.